The van der Waals surface area contributed by atoms with Crippen LogP contribution in [0.4, 0.5) is 13.2 Å². The van der Waals surface area contributed by atoms with Gasteiger partial charge in [0, 0.05) is 28.9 Å². The van der Waals surface area contributed by atoms with Crippen molar-refractivity contribution in [3.63, 3.8) is 0 Å². The molecule has 0 saturated heterocycles. The molecule has 6 nitrogen and oxygen atoms in total. The average molecular weight is 379 g/mol. The summed E-state index contributed by atoms with van der Waals surface area (Å²) >= 11 is 1.38. The van der Waals surface area contributed by atoms with E-state index in [0.717, 1.165) is 4.88 Å². The third-order valence-corrected chi connectivity index (χ3v) is 7.55. The van der Waals surface area contributed by atoms with Crippen LogP contribution in [0.15, 0.2) is 9.90 Å². The van der Waals surface area contributed by atoms with Crippen LogP contribution in [0.5, 0.6) is 0 Å². The van der Waals surface area contributed by atoms with Gasteiger partial charge in [0.25, 0.3) is 0 Å². The topological polar surface area (TPSA) is 76.3 Å². The van der Waals surface area contributed by atoms with Gasteiger partial charge in [0.2, 0.25) is 15.8 Å². The van der Waals surface area contributed by atoms with Gasteiger partial charge in [-0.2, -0.15) is 22.5 Å². The van der Waals surface area contributed by atoms with E-state index in [9.17, 15) is 21.6 Å². The van der Waals surface area contributed by atoms with Gasteiger partial charge in [-0.15, -0.1) is 11.3 Å². The van der Waals surface area contributed by atoms with Crippen LogP contribution in [-0.2, 0) is 29.2 Å². The first-order valence-corrected chi connectivity index (χ1v) is 9.64. The summed E-state index contributed by atoms with van der Waals surface area (Å²) in [6, 6.07) is 0. The van der Waals surface area contributed by atoms with Crippen molar-refractivity contribution in [1.29, 1.82) is 0 Å². The summed E-state index contributed by atoms with van der Waals surface area (Å²) in [4.78, 5) is 4.35. The van der Waals surface area contributed by atoms with Crippen molar-refractivity contribution in [3.8, 4) is 11.4 Å². The molecule has 24 heavy (non-hydrogen) atoms. The van der Waals surface area contributed by atoms with Crippen molar-refractivity contribution in [2.24, 2.45) is 0 Å². The highest BCUT2D eigenvalue weighted by Crippen LogP contribution is 2.39. The van der Waals surface area contributed by atoms with E-state index in [1.807, 2.05) is 0 Å². The summed E-state index contributed by atoms with van der Waals surface area (Å²) in [5.41, 5.74) is 1.08. The molecule has 11 heteroatoms. The fourth-order valence-corrected chi connectivity index (χ4v) is 5.56. The summed E-state index contributed by atoms with van der Waals surface area (Å²) in [5.74, 6) is -1.57. The lowest BCUT2D eigenvalue weighted by Crippen LogP contribution is -2.37. The molecule has 0 atom stereocenters. The van der Waals surface area contributed by atoms with E-state index in [1.165, 1.54) is 15.6 Å². The second-order valence-electron chi connectivity index (χ2n) is 5.80. The van der Waals surface area contributed by atoms with E-state index in [2.05, 4.69) is 14.7 Å². The predicted octanol–water partition coefficient (Wildman–Crippen LogP) is 2.67. The molecule has 0 N–H and O–H groups in total. The molecule has 2 aromatic rings. The van der Waals surface area contributed by atoms with E-state index in [1.54, 1.807) is 5.38 Å². The highest BCUT2D eigenvalue weighted by atomic mass is 32.2. The number of sulfonamides is 1. The summed E-state index contributed by atoms with van der Waals surface area (Å²) in [6.45, 7) is 0.536. The Hall–Kier alpha value is -1.46. The molecule has 0 spiro atoms. The van der Waals surface area contributed by atoms with Crippen LogP contribution in [0.3, 0.4) is 0 Å². The van der Waals surface area contributed by atoms with E-state index in [4.69, 9.17) is 0 Å². The predicted molar refractivity (Wildman–Crippen MR) is 78.7 cm³/mol. The molecule has 0 bridgehead atoms. The lowest BCUT2D eigenvalue weighted by Gasteiger charge is -2.26. The second-order valence-corrected chi connectivity index (χ2v) is 8.98. The van der Waals surface area contributed by atoms with Crippen LogP contribution < -0.4 is 0 Å². The second kappa shape index (κ2) is 5.27. The average Bonchev–Trinajstić information content (AvgIpc) is 3.11. The normalized spacial score (nSPS) is 19.5. The maximum absolute atomic E-state index is 12.6. The molecule has 1 saturated carbocycles. The van der Waals surface area contributed by atoms with Gasteiger partial charge in [-0.25, -0.2) is 8.42 Å². The number of halogens is 3. The van der Waals surface area contributed by atoms with Crippen LogP contribution in [0.1, 0.15) is 29.2 Å². The minimum atomic E-state index is -4.71. The lowest BCUT2D eigenvalue weighted by atomic mass is 10.1. The molecule has 3 heterocycles. The van der Waals surface area contributed by atoms with Crippen LogP contribution >= 0.6 is 11.3 Å². The monoisotopic (exact) mass is 379 g/mol. The van der Waals surface area contributed by atoms with Crippen molar-refractivity contribution in [3.05, 3.63) is 21.7 Å². The third-order valence-electron chi connectivity index (χ3n) is 4.12. The van der Waals surface area contributed by atoms with Gasteiger partial charge >= 0.3 is 12.1 Å². The van der Waals surface area contributed by atoms with Gasteiger partial charge in [0.15, 0.2) is 0 Å². The van der Waals surface area contributed by atoms with Gasteiger partial charge in [-0.05, 0) is 24.8 Å². The summed E-state index contributed by atoms with van der Waals surface area (Å²) < 4.78 is 68.3. The number of fused-ring (bicyclic) bond motifs is 1. The quantitative estimate of drug-likeness (QED) is 0.820. The van der Waals surface area contributed by atoms with Gasteiger partial charge in [-0.3, -0.25) is 0 Å². The van der Waals surface area contributed by atoms with Gasteiger partial charge in [0.1, 0.15) is 0 Å². The Bertz CT molecular complexity index is 884. The standard InChI is InChI=1S/C13H12F3N3O3S2/c14-13(15,16)12-17-11(18-22-12)9-6-23-10-3-4-19(5-8(9)10)24(20,21)7-1-2-7/h6-7H,1-5H2. The Kier molecular flexibility index (Phi) is 3.52. The summed E-state index contributed by atoms with van der Waals surface area (Å²) in [6.07, 6.45) is -2.83. The molecule has 4 rings (SSSR count). The molecule has 0 aromatic carbocycles. The summed E-state index contributed by atoms with van der Waals surface area (Å²) in [5, 5.41) is 4.74. The summed E-state index contributed by atoms with van der Waals surface area (Å²) in [7, 11) is -3.33. The molecule has 1 aliphatic heterocycles. The Morgan fingerprint density at radius 1 is 1.33 bits per heavy atom. The Morgan fingerprint density at radius 2 is 2.08 bits per heavy atom. The molecule has 1 aliphatic carbocycles. The Labute approximate surface area is 139 Å². The molecular weight excluding hydrogens is 367 g/mol. The lowest BCUT2D eigenvalue weighted by molar-refractivity contribution is -0.159. The molecule has 2 aliphatic rings. The zero-order valence-corrected chi connectivity index (χ0v) is 13.8. The number of hydrogen-bond donors (Lipinski definition) is 0. The largest absolute Gasteiger partial charge is 0.471 e. The van der Waals surface area contributed by atoms with Crippen molar-refractivity contribution in [2.45, 2.75) is 37.2 Å². The molecule has 130 valence electrons. The number of nitrogens with zero attached hydrogens (tertiary/aromatic N) is 3. The zero-order chi connectivity index (χ0) is 17.1. The van der Waals surface area contributed by atoms with E-state index < -0.39 is 22.1 Å². The first-order chi connectivity index (χ1) is 11.3. The smallest absolute Gasteiger partial charge is 0.329 e. The fourth-order valence-electron chi connectivity index (χ4n) is 2.72. The van der Waals surface area contributed by atoms with Crippen LogP contribution in [0.25, 0.3) is 11.4 Å². The van der Waals surface area contributed by atoms with E-state index in [-0.39, 0.29) is 17.6 Å². The molecule has 0 radical (unpaired) electrons. The molecule has 0 amide bonds. The number of hydrogen-bond acceptors (Lipinski definition) is 6. The highest BCUT2D eigenvalue weighted by Gasteiger charge is 2.42. The Morgan fingerprint density at radius 3 is 2.71 bits per heavy atom. The fraction of sp³-hybridized carbons (Fsp3) is 0.538. The van der Waals surface area contributed by atoms with Crippen LogP contribution in [-0.4, -0.2) is 34.7 Å². The van der Waals surface area contributed by atoms with Crippen LogP contribution in [0, 0.1) is 0 Å². The van der Waals surface area contributed by atoms with Gasteiger partial charge in [-0.1, -0.05) is 5.16 Å². The zero-order valence-electron chi connectivity index (χ0n) is 12.2. The number of rotatable bonds is 3. The molecule has 0 unspecified atom stereocenters. The van der Waals surface area contributed by atoms with Crippen molar-refractivity contribution in [1.82, 2.24) is 14.4 Å². The first-order valence-electron chi connectivity index (χ1n) is 7.26. The SMILES string of the molecule is O=S(=O)(C1CC1)N1CCc2scc(-c3noc(C(F)(F)F)n3)c2C1. The van der Waals surface area contributed by atoms with Crippen molar-refractivity contribution < 1.29 is 26.1 Å². The maximum atomic E-state index is 12.6. The Balaban J connectivity index is 1.67. The van der Waals surface area contributed by atoms with Gasteiger partial charge in [0.05, 0.1) is 5.25 Å². The minimum Gasteiger partial charge on any atom is -0.329 e. The number of aromatic nitrogens is 2. The van der Waals surface area contributed by atoms with Crippen molar-refractivity contribution in [2.75, 3.05) is 6.54 Å². The number of thiophene rings is 1. The van der Waals surface area contributed by atoms with E-state index in [0.29, 0.717) is 36.9 Å². The minimum absolute atomic E-state index is 0.142. The van der Waals surface area contributed by atoms with Crippen LogP contribution in [0.2, 0.25) is 0 Å². The number of alkyl halides is 3. The van der Waals surface area contributed by atoms with Gasteiger partial charge < -0.3 is 4.52 Å². The van der Waals surface area contributed by atoms with E-state index >= 15 is 0 Å². The third kappa shape index (κ3) is 2.64. The molecular formula is C13H12F3N3O3S2. The molecule has 1 fully saturated rings. The van der Waals surface area contributed by atoms with Crippen molar-refractivity contribution >= 4 is 21.4 Å². The first kappa shape index (κ1) is 16.0. The maximum Gasteiger partial charge on any atom is 0.471 e. The highest BCUT2D eigenvalue weighted by molar-refractivity contribution is 7.90. The molecule has 2 aromatic heterocycles.